The predicted molar refractivity (Wildman–Crippen MR) is 90.8 cm³/mol. The Balaban J connectivity index is 1.90. The average Bonchev–Trinajstić information content (AvgIpc) is 3.15. The molecular formula is C17H17ClN6. The van der Waals surface area contributed by atoms with Gasteiger partial charge in [0.15, 0.2) is 0 Å². The van der Waals surface area contributed by atoms with Crippen LogP contribution >= 0.6 is 11.6 Å². The highest BCUT2D eigenvalue weighted by molar-refractivity contribution is 6.30. The van der Waals surface area contributed by atoms with Crippen LogP contribution in [0, 0.1) is 22.7 Å². The molecule has 24 heavy (non-hydrogen) atoms. The SMILES string of the molecule is CCc1c(C#N)c(Cl)nc(N2CCC(n3ccnc3)CC2)c1C#N. The molecule has 0 saturated carbocycles. The zero-order valence-electron chi connectivity index (χ0n) is 13.4. The number of nitriles is 2. The third-order valence-electron chi connectivity index (χ3n) is 4.53. The molecule has 122 valence electrons. The van der Waals surface area contributed by atoms with E-state index in [1.165, 1.54) is 0 Å². The number of piperidine rings is 1. The fraction of sp³-hybridized carbons (Fsp3) is 0.412. The van der Waals surface area contributed by atoms with E-state index in [9.17, 15) is 10.5 Å². The molecule has 3 rings (SSSR count). The lowest BCUT2D eigenvalue weighted by Gasteiger charge is -2.34. The van der Waals surface area contributed by atoms with Gasteiger partial charge in [0.25, 0.3) is 0 Å². The lowest BCUT2D eigenvalue weighted by atomic mass is 10.00. The first-order valence-corrected chi connectivity index (χ1v) is 8.32. The summed E-state index contributed by atoms with van der Waals surface area (Å²) in [5.41, 5.74) is 1.47. The van der Waals surface area contributed by atoms with Crippen molar-refractivity contribution < 1.29 is 0 Å². The summed E-state index contributed by atoms with van der Waals surface area (Å²) in [6.45, 7) is 3.49. The summed E-state index contributed by atoms with van der Waals surface area (Å²) in [5.74, 6) is 0.599. The monoisotopic (exact) mass is 340 g/mol. The first-order chi connectivity index (χ1) is 11.7. The molecule has 2 aromatic rings. The number of imidazole rings is 1. The zero-order chi connectivity index (χ0) is 17.1. The van der Waals surface area contributed by atoms with Gasteiger partial charge in [-0.15, -0.1) is 0 Å². The van der Waals surface area contributed by atoms with E-state index in [-0.39, 0.29) is 5.15 Å². The van der Waals surface area contributed by atoms with Crippen molar-refractivity contribution in [2.75, 3.05) is 18.0 Å². The van der Waals surface area contributed by atoms with Crippen molar-refractivity contribution in [3.05, 3.63) is 40.6 Å². The third-order valence-corrected chi connectivity index (χ3v) is 4.80. The molecule has 0 aromatic carbocycles. The van der Waals surface area contributed by atoms with Gasteiger partial charge in [-0.2, -0.15) is 10.5 Å². The molecule has 0 atom stereocenters. The summed E-state index contributed by atoms with van der Waals surface area (Å²) in [5, 5.41) is 19.1. The zero-order valence-corrected chi connectivity index (χ0v) is 14.2. The van der Waals surface area contributed by atoms with Crippen molar-refractivity contribution in [1.82, 2.24) is 14.5 Å². The molecule has 2 aromatic heterocycles. The molecule has 0 unspecified atom stereocenters. The first-order valence-electron chi connectivity index (χ1n) is 7.94. The molecule has 0 spiro atoms. The molecule has 1 fully saturated rings. The van der Waals surface area contributed by atoms with Crippen molar-refractivity contribution in [1.29, 1.82) is 10.5 Å². The highest BCUT2D eigenvalue weighted by Crippen LogP contribution is 2.32. The van der Waals surface area contributed by atoms with E-state index in [2.05, 4.69) is 31.6 Å². The molecule has 1 aliphatic heterocycles. The molecule has 0 bridgehead atoms. The Morgan fingerprint density at radius 3 is 2.50 bits per heavy atom. The van der Waals surface area contributed by atoms with Gasteiger partial charge in [0.05, 0.1) is 17.5 Å². The van der Waals surface area contributed by atoms with Gasteiger partial charge in [-0.25, -0.2) is 9.97 Å². The van der Waals surface area contributed by atoms with Crippen LogP contribution in [0.3, 0.4) is 0 Å². The van der Waals surface area contributed by atoms with Gasteiger partial charge in [0.1, 0.15) is 23.1 Å². The van der Waals surface area contributed by atoms with Gasteiger partial charge in [0.2, 0.25) is 0 Å². The molecule has 0 N–H and O–H groups in total. The van der Waals surface area contributed by atoms with Gasteiger partial charge in [-0.1, -0.05) is 18.5 Å². The maximum atomic E-state index is 9.59. The normalized spacial score (nSPS) is 15.1. The molecular weight excluding hydrogens is 324 g/mol. The van der Waals surface area contributed by atoms with E-state index in [0.717, 1.165) is 25.9 Å². The second-order valence-corrected chi connectivity index (χ2v) is 6.12. The fourth-order valence-corrected chi connectivity index (χ4v) is 3.50. The van der Waals surface area contributed by atoms with Crippen LogP contribution in [0.25, 0.3) is 0 Å². The smallest absolute Gasteiger partial charge is 0.149 e. The Morgan fingerprint density at radius 1 is 1.25 bits per heavy atom. The van der Waals surface area contributed by atoms with E-state index < -0.39 is 0 Å². The molecule has 0 aliphatic carbocycles. The first kappa shape index (κ1) is 16.3. The van der Waals surface area contributed by atoms with Gasteiger partial charge >= 0.3 is 0 Å². The van der Waals surface area contributed by atoms with Crippen LogP contribution in [-0.2, 0) is 6.42 Å². The number of aromatic nitrogens is 3. The summed E-state index contributed by atoms with van der Waals surface area (Å²) >= 11 is 6.19. The predicted octanol–water partition coefficient (Wildman–Crippen LogP) is 3.08. The molecule has 0 radical (unpaired) electrons. The van der Waals surface area contributed by atoms with E-state index in [0.29, 0.717) is 35.0 Å². The number of hydrogen-bond acceptors (Lipinski definition) is 5. The molecule has 1 aliphatic rings. The van der Waals surface area contributed by atoms with E-state index in [4.69, 9.17) is 11.6 Å². The van der Waals surface area contributed by atoms with E-state index in [1.54, 1.807) is 6.20 Å². The molecule has 3 heterocycles. The van der Waals surface area contributed by atoms with Crippen LogP contribution in [0.4, 0.5) is 5.82 Å². The molecule has 7 heteroatoms. The molecule has 1 saturated heterocycles. The van der Waals surface area contributed by atoms with Crippen molar-refractivity contribution in [3.63, 3.8) is 0 Å². The van der Waals surface area contributed by atoms with Crippen LogP contribution in [0.15, 0.2) is 18.7 Å². The van der Waals surface area contributed by atoms with Crippen LogP contribution in [0.2, 0.25) is 5.15 Å². The van der Waals surface area contributed by atoms with Crippen molar-refractivity contribution in [2.24, 2.45) is 0 Å². The number of nitrogens with zero attached hydrogens (tertiary/aromatic N) is 6. The van der Waals surface area contributed by atoms with Crippen LogP contribution in [0.5, 0.6) is 0 Å². The lowest BCUT2D eigenvalue weighted by molar-refractivity contribution is 0.394. The number of rotatable bonds is 3. The van der Waals surface area contributed by atoms with E-state index in [1.807, 2.05) is 19.4 Å². The molecule has 6 nitrogen and oxygen atoms in total. The van der Waals surface area contributed by atoms with Gasteiger partial charge in [0, 0.05) is 31.5 Å². The van der Waals surface area contributed by atoms with Gasteiger partial charge in [-0.05, 0) is 24.8 Å². The maximum Gasteiger partial charge on any atom is 0.149 e. The standard InChI is InChI=1S/C17H17ClN6/c1-2-13-14(9-19)16(18)22-17(15(13)10-20)23-6-3-12(4-7-23)24-8-5-21-11-24/h5,8,11-12H,2-4,6-7H2,1H3. The summed E-state index contributed by atoms with van der Waals surface area (Å²) in [6, 6.07) is 4.71. The Labute approximate surface area is 145 Å². The fourth-order valence-electron chi connectivity index (χ4n) is 3.26. The summed E-state index contributed by atoms with van der Waals surface area (Å²) in [4.78, 5) is 10.6. The van der Waals surface area contributed by atoms with Crippen LogP contribution < -0.4 is 4.90 Å². The summed E-state index contributed by atoms with van der Waals surface area (Å²) < 4.78 is 2.12. The number of hydrogen-bond donors (Lipinski definition) is 0. The Bertz CT molecular complexity index is 807. The second-order valence-electron chi connectivity index (χ2n) is 5.76. The minimum atomic E-state index is 0.181. The van der Waals surface area contributed by atoms with Crippen LogP contribution in [0.1, 0.15) is 42.5 Å². The summed E-state index contributed by atoms with van der Waals surface area (Å²) in [7, 11) is 0. The van der Waals surface area contributed by atoms with Gasteiger partial charge in [-0.3, -0.25) is 0 Å². The Kier molecular flexibility index (Phi) is 4.69. The Hall–Kier alpha value is -2.57. The van der Waals surface area contributed by atoms with E-state index >= 15 is 0 Å². The number of pyridine rings is 1. The lowest BCUT2D eigenvalue weighted by Crippen LogP contribution is -2.35. The topological polar surface area (TPSA) is 81.5 Å². The van der Waals surface area contributed by atoms with Gasteiger partial charge < -0.3 is 9.47 Å². The molecule has 0 amide bonds. The minimum absolute atomic E-state index is 0.181. The Morgan fingerprint density at radius 2 is 1.96 bits per heavy atom. The van der Waals surface area contributed by atoms with Crippen LogP contribution in [-0.4, -0.2) is 27.6 Å². The third kappa shape index (κ3) is 2.81. The second kappa shape index (κ2) is 6.90. The largest absolute Gasteiger partial charge is 0.355 e. The highest BCUT2D eigenvalue weighted by atomic mass is 35.5. The minimum Gasteiger partial charge on any atom is -0.355 e. The number of anilines is 1. The highest BCUT2D eigenvalue weighted by Gasteiger charge is 2.26. The number of halogens is 1. The average molecular weight is 341 g/mol. The summed E-state index contributed by atoms with van der Waals surface area (Å²) in [6.07, 6.45) is 8.08. The van der Waals surface area contributed by atoms with Crippen molar-refractivity contribution in [3.8, 4) is 12.1 Å². The maximum absolute atomic E-state index is 9.59. The van der Waals surface area contributed by atoms with Crippen molar-refractivity contribution >= 4 is 17.4 Å². The van der Waals surface area contributed by atoms with Crippen molar-refractivity contribution in [2.45, 2.75) is 32.2 Å². The quantitative estimate of drug-likeness (QED) is 0.802.